The number of hydrogen-bond donors (Lipinski definition) is 1. The zero-order valence-electron chi connectivity index (χ0n) is 12.2. The van der Waals surface area contributed by atoms with E-state index in [2.05, 4.69) is 10.1 Å². The van der Waals surface area contributed by atoms with E-state index in [0.29, 0.717) is 22.6 Å². The molecule has 2 rings (SSSR count). The number of nitrogens with one attached hydrogen (secondary N) is 1. The van der Waals surface area contributed by atoms with Gasteiger partial charge in [-0.1, -0.05) is 17.7 Å². The number of carbonyl (C=O) groups is 2. The van der Waals surface area contributed by atoms with E-state index < -0.39 is 5.97 Å². The van der Waals surface area contributed by atoms with Gasteiger partial charge in [0.05, 0.1) is 13.7 Å². The molecule has 0 aliphatic carbocycles. The molecule has 1 amide bonds. The molecule has 0 spiro atoms. The van der Waals surface area contributed by atoms with Crippen LogP contribution in [0.25, 0.3) is 0 Å². The van der Waals surface area contributed by atoms with Crippen molar-refractivity contribution in [3.8, 4) is 0 Å². The molecule has 1 heterocycles. The molecule has 0 radical (unpaired) electrons. The molecule has 5 nitrogen and oxygen atoms in total. The fraction of sp³-hybridized carbons (Fsp3) is 0.250. The van der Waals surface area contributed by atoms with E-state index in [1.165, 1.54) is 7.11 Å². The van der Waals surface area contributed by atoms with Gasteiger partial charge in [-0.3, -0.25) is 4.79 Å². The molecule has 0 saturated carbocycles. The van der Waals surface area contributed by atoms with Crippen molar-refractivity contribution in [1.29, 1.82) is 0 Å². The maximum absolute atomic E-state index is 12.0. The first-order valence-corrected chi connectivity index (χ1v) is 6.53. The molecule has 5 heteroatoms. The molecule has 0 fully saturated rings. The van der Waals surface area contributed by atoms with Gasteiger partial charge in [-0.05, 0) is 32.0 Å². The van der Waals surface area contributed by atoms with Crippen LogP contribution in [0, 0.1) is 13.8 Å². The number of aryl methyl sites for hydroxylation is 2. The van der Waals surface area contributed by atoms with Crippen molar-refractivity contribution in [3.05, 3.63) is 58.5 Å². The highest BCUT2D eigenvalue weighted by atomic mass is 16.5. The number of ether oxygens (including phenoxy) is 1. The van der Waals surface area contributed by atoms with Crippen LogP contribution in [0.1, 0.15) is 37.8 Å². The smallest absolute Gasteiger partial charge is 0.341 e. The lowest BCUT2D eigenvalue weighted by molar-refractivity contribution is 0.0598. The quantitative estimate of drug-likeness (QED) is 0.878. The first-order valence-electron chi connectivity index (χ1n) is 6.53. The van der Waals surface area contributed by atoms with Crippen LogP contribution >= 0.6 is 0 Å². The Bertz CT molecular complexity index is 673. The van der Waals surface area contributed by atoms with Gasteiger partial charge in [0, 0.05) is 5.56 Å². The van der Waals surface area contributed by atoms with E-state index >= 15 is 0 Å². The summed E-state index contributed by atoms with van der Waals surface area (Å²) in [6, 6.07) is 8.89. The van der Waals surface area contributed by atoms with Crippen LogP contribution in [0.3, 0.4) is 0 Å². The number of methoxy groups -OCH3 is 1. The lowest BCUT2D eigenvalue weighted by Gasteiger charge is -2.04. The monoisotopic (exact) mass is 287 g/mol. The van der Waals surface area contributed by atoms with Gasteiger partial charge in [-0.2, -0.15) is 0 Å². The van der Waals surface area contributed by atoms with E-state index in [1.807, 2.05) is 25.1 Å². The van der Waals surface area contributed by atoms with E-state index in [-0.39, 0.29) is 12.5 Å². The van der Waals surface area contributed by atoms with Crippen molar-refractivity contribution in [2.75, 3.05) is 7.11 Å². The second-order valence-electron chi connectivity index (χ2n) is 4.73. The van der Waals surface area contributed by atoms with Gasteiger partial charge in [0.2, 0.25) is 0 Å². The van der Waals surface area contributed by atoms with Crippen LogP contribution in [-0.2, 0) is 11.3 Å². The number of hydrogen-bond acceptors (Lipinski definition) is 4. The van der Waals surface area contributed by atoms with Crippen molar-refractivity contribution >= 4 is 11.9 Å². The number of esters is 1. The Labute approximate surface area is 122 Å². The Balaban J connectivity index is 2.03. The second kappa shape index (κ2) is 6.26. The van der Waals surface area contributed by atoms with Crippen molar-refractivity contribution in [2.45, 2.75) is 20.4 Å². The number of benzene rings is 1. The highest BCUT2D eigenvalue weighted by molar-refractivity contribution is 5.94. The Kier molecular flexibility index (Phi) is 4.42. The topological polar surface area (TPSA) is 68.5 Å². The average Bonchev–Trinajstić information content (AvgIpc) is 2.85. The summed E-state index contributed by atoms with van der Waals surface area (Å²) in [4.78, 5) is 23.5. The summed E-state index contributed by atoms with van der Waals surface area (Å²) in [6.45, 7) is 3.82. The molecule has 110 valence electrons. The molecule has 0 saturated heterocycles. The molecule has 21 heavy (non-hydrogen) atoms. The number of amides is 1. The predicted octanol–water partition coefficient (Wildman–Crippen LogP) is 2.61. The summed E-state index contributed by atoms with van der Waals surface area (Å²) in [5.41, 5.74) is 1.98. The third-order valence-electron chi connectivity index (χ3n) is 3.08. The van der Waals surface area contributed by atoms with E-state index in [9.17, 15) is 9.59 Å². The highest BCUT2D eigenvalue weighted by Gasteiger charge is 2.15. The third kappa shape index (κ3) is 3.51. The summed E-state index contributed by atoms with van der Waals surface area (Å²) in [5.74, 6) is 0.343. The second-order valence-corrected chi connectivity index (χ2v) is 4.73. The first kappa shape index (κ1) is 14.8. The largest absolute Gasteiger partial charge is 0.465 e. The van der Waals surface area contributed by atoms with Gasteiger partial charge >= 0.3 is 5.97 Å². The molecule has 0 aliphatic rings. The lowest BCUT2D eigenvalue weighted by atomic mass is 10.1. The molecule has 1 aromatic heterocycles. The summed E-state index contributed by atoms with van der Waals surface area (Å²) in [5, 5.41) is 2.76. The van der Waals surface area contributed by atoms with Crippen LogP contribution in [-0.4, -0.2) is 19.0 Å². The maximum Gasteiger partial charge on any atom is 0.341 e. The van der Waals surface area contributed by atoms with Gasteiger partial charge in [-0.15, -0.1) is 0 Å². The lowest BCUT2D eigenvalue weighted by Crippen LogP contribution is -2.22. The Morgan fingerprint density at radius 3 is 2.67 bits per heavy atom. The van der Waals surface area contributed by atoms with Crippen molar-refractivity contribution < 1.29 is 18.7 Å². The Morgan fingerprint density at radius 2 is 2.00 bits per heavy atom. The Morgan fingerprint density at radius 1 is 1.24 bits per heavy atom. The van der Waals surface area contributed by atoms with Gasteiger partial charge in [0.1, 0.15) is 17.1 Å². The molecule has 0 bridgehead atoms. The first-order chi connectivity index (χ1) is 10.0. The van der Waals surface area contributed by atoms with Gasteiger partial charge in [0.25, 0.3) is 5.91 Å². The van der Waals surface area contributed by atoms with E-state index in [0.717, 1.165) is 5.56 Å². The fourth-order valence-corrected chi connectivity index (χ4v) is 2.00. The molecule has 0 unspecified atom stereocenters. The SMILES string of the molecule is COC(=O)c1cc(CNC(=O)c2cccc(C)c2)oc1C. The number of carbonyl (C=O) groups excluding carboxylic acids is 2. The molecule has 0 atom stereocenters. The van der Waals surface area contributed by atoms with Crippen molar-refractivity contribution in [3.63, 3.8) is 0 Å². The summed E-state index contributed by atoms with van der Waals surface area (Å²) >= 11 is 0. The zero-order chi connectivity index (χ0) is 15.4. The van der Waals surface area contributed by atoms with Crippen LogP contribution in [0.5, 0.6) is 0 Å². The predicted molar refractivity (Wildman–Crippen MR) is 77.1 cm³/mol. The van der Waals surface area contributed by atoms with E-state index in [1.54, 1.807) is 19.1 Å². The number of rotatable bonds is 4. The third-order valence-corrected chi connectivity index (χ3v) is 3.08. The van der Waals surface area contributed by atoms with Crippen LogP contribution in [0.4, 0.5) is 0 Å². The number of furan rings is 1. The van der Waals surface area contributed by atoms with Gasteiger partial charge in [-0.25, -0.2) is 4.79 Å². The van der Waals surface area contributed by atoms with E-state index in [4.69, 9.17) is 4.42 Å². The van der Waals surface area contributed by atoms with Crippen molar-refractivity contribution in [1.82, 2.24) is 5.32 Å². The molecule has 0 aliphatic heterocycles. The van der Waals surface area contributed by atoms with Gasteiger partial charge in [0.15, 0.2) is 0 Å². The zero-order valence-corrected chi connectivity index (χ0v) is 12.2. The molecule has 1 aromatic carbocycles. The van der Waals surface area contributed by atoms with Crippen LogP contribution < -0.4 is 5.32 Å². The van der Waals surface area contributed by atoms with Gasteiger partial charge < -0.3 is 14.5 Å². The standard InChI is InChI=1S/C16H17NO4/c1-10-5-4-6-12(7-10)15(18)17-9-13-8-14(11(2)21-13)16(19)20-3/h4-8H,9H2,1-3H3,(H,17,18). The minimum absolute atomic E-state index is 0.188. The fourth-order valence-electron chi connectivity index (χ4n) is 2.00. The Hall–Kier alpha value is -2.56. The van der Waals surface area contributed by atoms with Crippen LogP contribution in [0.2, 0.25) is 0 Å². The molecule has 2 aromatic rings. The van der Waals surface area contributed by atoms with Crippen LogP contribution in [0.15, 0.2) is 34.7 Å². The average molecular weight is 287 g/mol. The molecular weight excluding hydrogens is 270 g/mol. The summed E-state index contributed by atoms with van der Waals surface area (Å²) in [6.07, 6.45) is 0. The minimum atomic E-state index is -0.451. The molecule has 1 N–H and O–H groups in total. The summed E-state index contributed by atoms with van der Waals surface area (Å²) < 4.78 is 10.1. The molecular formula is C16H17NO4. The van der Waals surface area contributed by atoms with Crippen molar-refractivity contribution in [2.24, 2.45) is 0 Å². The minimum Gasteiger partial charge on any atom is -0.465 e. The normalized spacial score (nSPS) is 10.2. The highest BCUT2D eigenvalue weighted by Crippen LogP contribution is 2.15. The maximum atomic E-state index is 12.0. The summed E-state index contributed by atoms with van der Waals surface area (Å²) in [7, 11) is 1.31.